The van der Waals surface area contributed by atoms with E-state index in [4.69, 9.17) is 10.9 Å². The molecule has 1 aromatic rings. The van der Waals surface area contributed by atoms with Crippen LogP contribution in [-0.2, 0) is 0 Å². The summed E-state index contributed by atoms with van der Waals surface area (Å²) in [5.74, 6) is -0.122. The van der Waals surface area contributed by atoms with Crippen molar-refractivity contribution in [1.29, 1.82) is 0 Å². The summed E-state index contributed by atoms with van der Waals surface area (Å²) < 4.78 is 8.93. The van der Waals surface area contributed by atoms with Gasteiger partial charge < -0.3 is 15.7 Å². The molecule has 1 rings (SSSR count). The number of methoxy groups -OCH3 is 1. The van der Waals surface area contributed by atoms with E-state index in [9.17, 15) is 0 Å². The number of ether oxygens (including phenoxy) is 1. The Hall–Kier alpha value is -1.79. The molecule has 60 valence electrons. The molecular weight excluding hydrogens is 152 g/mol. The molecule has 0 bridgehead atoms. The lowest BCUT2D eigenvalue weighted by atomic mass is 10.4. The quantitative estimate of drug-likeness (QED) is 0.252. The molecule has 0 fully saturated rings. The topological polar surface area (TPSA) is 107 Å². The lowest BCUT2D eigenvalue weighted by Crippen LogP contribution is -2.14. The zero-order chi connectivity index (χ0) is 8.27. The molecule has 0 atom stereocenters. The first-order chi connectivity index (χ1) is 5.29. The largest absolute Gasteiger partial charge is 0.477 e. The summed E-state index contributed by atoms with van der Waals surface area (Å²) in [5, 5.41) is 17.6. The summed E-state index contributed by atoms with van der Waals surface area (Å²) in [6.07, 6.45) is 0. The Bertz CT molecular complexity index is 268. The van der Waals surface area contributed by atoms with Crippen LogP contribution in [-0.4, -0.2) is 28.5 Å². The van der Waals surface area contributed by atoms with Crippen LogP contribution < -0.4 is 10.5 Å². The van der Waals surface area contributed by atoms with Crippen LogP contribution in [0.25, 0.3) is 0 Å². The lowest BCUT2D eigenvalue weighted by molar-refractivity contribution is 0.281. The van der Waals surface area contributed by atoms with Gasteiger partial charge in [-0.25, -0.2) is 4.63 Å². The molecule has 0 saturated heterocycles. The number of nitrogens with zero attached hydrogens (tertiary/aromatic N) is 3. The monoisotopic (exact) mass is 158 g/mol. The third kappa shape index (κ3) is 1.20. The molecule has 0 unspecified atom stereocenters. The second kappa shape index (κ2) is 2.86. The van der Waals surface area contributed by atoms with E-state index < -0.39 is 0 Å². The molecule has 3 N–H and O–H groups in total. The first-order valence-electron chi connectivity index (χ1n) is 2.64. The predicted octanol–water partition coefficient (Wildman–Crippen LogP) is -0.827. The minimum absolute atomic E-state index is 0.0787. The highest BCUT2D eigenvalue weighted by atomic mass is 16.6. The van der Waals surface area contributed by atoms with Crippen molar-refractivity contribution in [2.45, 2.75) is 0 Å². The average molecular weight is 158 g/mol. The van der Waals surface area contributed by atoms with Crippen molar-refractivity contribution >= 4 is 5.84 Å². The fourth-order valence-corrected chi connectivity index (χ4v) is 0.518. The van der Waals surface area contributed by atoms with Gasteiger partial charge in [0.05, 0.1) is 7.11 Å². The molecule has 1 aromatic heterocycles. The van der Waals surface area contributed by atoms with Crippen molar-refractivity contribution in [2.24, 2.45) is 10.9 Å². The second-order valence-corrected chi connectivity index (χ2v) is 1.61. The van der Waals surface area contributed by atoms with Gasteiger partial charge in [-0.15, -0.1) is 0 Å². The van der Waals surface area contributed by atoms with Crippen LogP contribution in [0.15, 0.2) is 9.78 Å². The van der Waals surface area contributed by atoms with E-state index in [0.29, 0.717) is 0 Å². The van der Waals surface area contributed by atoms with E-state index in [0.717, 1.165) is 0 Å². The molecule has 0 amide bonds. The maximum atomic E-state index is 8.22. The molecule has 0 aliphatic heterocycles. The van der Waals surface area contributed by atoms with E-state index in [-0.39, 0.29) is 17.4 Å². The van der Waals surface area contributed by atoms with Crippen molar-refractivity contribution in [3.05, 3.63) is 5.69 Å². The Kier molecular flexibility index (Phi) is 1.90. The lowest BCUT2D eigenvalue weighted by Gasteiger charge is -1.92. The molecule has 0 spiro atoms. The average Bonchev–Trinajstić information content (AvgIpc) is 2.50. The fourth-order valence-electron chi connectivity index (χ4n) is 0.518. The first-order valence-corrected chi connectivity index (χ1v) is 2.64. The molecule has 1 heterocycles. The zero-order valence-electron chi connectivity index (χ0n) is 5.68. The number of rotatable bonds is 2. The minimum Gasteiger partial charge on any atom is -0.477 e. The molecule has 0 aliphatic carbocycles. The van der Waals surface area contributed by atoms with Gasteiger partial charge in [-0.3, -0.25) is 0 Å². The fraction of sp³-hybridized carbons (Fsp3) is 0.250. The van der Waals surface area contributed by atoms with Gasteiger partial charge in [0.25, 0.3) is 5.88 Å². The van der Waals surface area contributed by atoms with Crippen LogP contribution in [0, 0.1) is 0 Å². The Morgan fingerprint density at radius 3 is 3.00 bits per heavy atom. The molecule has 0 radical (unpaired) electrons. The number of aromatic nitrogens is 2. The van der Waals surface area contributed by atoms with Gasteiger partial charge in [-0.05, 0) is 10.3 Å². The van der Waals surface area contributed by atoms with Gasteiger partial charge in [-0.1, -0.05) is 5.16 Å². The number of oxime groups is 1. The van der Waals surface area contributed by atoms with Gasteiger partial charge in [0.2, 0.25) is 5.69 Å². The molecule has 0 saturated carbocycles. The minimum atomic E-state index is -0.205. The Balaban J connectivity index is 3.02. The molecular formula is C4H6N4O3. The molecule has 7 heteroatoms. The van der Waals surface area contributed by atoms with Gasteiger partial charge in [0.1, 0.15) is 0 Å². The second-order valence-electron chi connectivity index (χ2n) is 1.61. The van der Waals surface area contributed by atoms with E-state index in [1.54, 1.807) is 0 Å². The highest BCUT2D eigenvalue weighted by Crippen LogP contribution is 2.09. The van der Waals surface area contributed by atoms with Crippen LogP contribution in [0.2, 0.25) is 0 Å². The van der Waals surface area contributed by atoms with E-state index >= 15 is 0 Å². The highest BCUT2D eigenvalue weighted by Gasteiger charge is 2.13. The normalized spacial score (nSPS) is 11.5. The Morgan fingerprint density at radius 2 is 2.45 bits per heavy atom. The van der Waals surface area contributed by atoms with Crippen LogP contribution in [0.4, 0.5) is 0 Å². The number of hydrogen-bond acceptors (Lipinski definition) is 6. The summed E-state index contributed by atoms with van der Waals surface area (Å²) in [6.45, 7) is 0. The number of hydrogen-bond donors (Lipinski definition) is 2. The van der Waals surface area contributed by atoms with Gasteiger partial charge in [-0.2, -0.15) is 0 Å². The first kappa shape index (κ1) is 7.32. The third-order valence-corrected chi connectivity index (χ3v) is 1.00. The number of nitrogens with two attached hydrogens (primary N) is 1. The summed E-state index contributed by atoms with van der Waals surface area (Å²) >= 11 is 0. The van der Waals surface area contributed by atoms with Crippen molar-refractivity contribution in [1.82, 2.24) is 10.3 Å². The number of amidine groups is 1. The zero-order valence-corrected chi connectivity index (χ0v) is 5.68. The summed E-state index contributed by atoms with van der Waals surface area (Å²) in [6, 6.07) is 0. The third-order valence-electron chi connectivity index (χ3n) is 1.00. The van der Waals surface area contributed by atoms with Crippen molar-refractivity contribution in [2.75, 3.05) is 7.11 Å². The van der Waals surface area contributed by atoms with E-state index in [2.05, 4.69) is 24.8 Å². The summed E-state index contributed by atoms with van der Waals surface area (Å²) in [5.41, 5.74) is 5.25. The smallest absolute Gasteiger partial charge is 0.287 e. The van der Waals surface area contributed by atoms with Crippen LogP contribution in [0.3, 0.4) is 0 Å². The summed E-state index contributed by atoms with van der Waals surface area (Å²) in [7, 11) is 1.37. The highest BCUT2D eigenvalue weighted by molar-refractivity contribution is 5.96. The van der Waals surface area contributed by atoms with Crippen molar-refractivity contribution < 1.29 is 14.6 Å². The van der Waals surface area contributed by atoms with Crippen molar-refractivity contribution in [3.8, 4) is 5.88 Å². The maximum absolute atomic E-state index is 8.22. The standard InChI is InChI=1S/C4H6N4O3/c1-10-4-2(3(5)6-9)7-11-8-4/h9H,1H3,(H2,5,6). The SMILES string of the molecule is COc1nonc1/C(N)=N/O. The van der Waals surface area contributed by atoms with Crippen LogP contribution in [0.5, 0.6) is 5.88 Å². The van der Waals surface area contributed by atoms with E-state index in [1.807, 2.05) is 0 Å². The Labute approximate surface area is 61.4 Å². The van der Waals surface area contributed by atoms with E-state index in [1.165, 1.54) is 7.11 Å². The van der Waals surface area contributed by atoms with Crippen LogP contribution >= 0.6 is 0 Å². The van der Waals surface area contributed by atoms with Gasteiger partial charge >= 0.3 is 0 Å². The summed E-state index contributed by atoms with van der Waals surface area (Å²) in [4.78, 5) is 0. The predicted molar refractivity (Wildman–Crippen MR) is 33.4 cm³/mol. The molecule has 7 nitrogen and oxygen atoms in total. The van der Waals surface area contributed by atoms with Crippen LogP contribution in [0.1, 0.15) is 5.69 Å². The van der Waals surface area contributed by atoms with Gasteiger partial charge in [0, 0.05) is 0 Å². The maximum Gasteiger partial charge on any atom is 0.287 e. The molecule has 0 aromatic carbocycles. The molecule has 0 aliphatic rings. The molecule has 11 heavy (non-hydrogen) atoms. The van der Waals surface area contributed by atoms with Gasteiger partial charge in [0.15, 0.2) is 5.84 Å². The van der Waals surface area contributed by atoms with Crippen molar-refractivity contribution in [3.63, 3.8) is 0 Å². The Morgan fingerprint density at radius 1 is 1.73 bits per heavy atom.